The van der Waals surface area contributed by atoms with Gasteiger partial charge in [-0.1, -0.05) is 36.4 Å². The third kappa shape index (κ3) is 2.28. The zero-order valence-corrected chi connectivity index (χ0v) is 9.53. The van der Waals surface area contributed by atoms with Gasteiger partial charge < -0.3 is 5.32 Å². The lowest BCUT2D eigenvalue weighted by Crippen LogP contribution is -2.11. The van der Waals surface area contributed by atoms with Gasteiger partial charge in [-0.3, -0.25) is 4.98 Å². The van der Waals surface area contributed by atoms with Gasteiger partial charge in [-0.15, -0.1) is 0 Å². The van der Waals surface area contributed by atoms with E-state index in [2.05, 4.69) is 35.1 Å². The highest BCUT2D eigenvalue weighted by Gasteiger charge is 2.02. The molecule has 2 aromatic rings. The Kier molecular flexibility index (Phi) is 3.32. The molecule has 1 aromatic carbocycles. The zero-order chi connectivity index (χ0) is 11.4. The molecule has 2 rings (SSSR count). The van der Waals surface area contributed by atoms with E-state index in [0.717, 1.165) is 13.0 Å². The van der Waals surface area contributed by atoms with Gasteiger partial charge in [0.2, 0.25) is 0 Å². The van der Waals surface area contributed by atoms with Gasteiger partial charge in [0, 0.05) is 24.3 Å². The maximum Gasteiger partial charge on any atom is 0.0346 e. The van der Waals surface area contributed by atoms with Gasteiger partial charge in [-0.25, -0.2) is 0 Å². The van der Waals surface area contributed by atoms with Crippen LogP contribution in [0.5, 0.6) is 0 Å². The second-order valence-corrected chi connectivity index (χ2v) is 3.98. The van der Waals surface area contributed by atoms with Gasteiger partial charge >= 0.3 is 0 Å². The molecule has 1 heterocycles. The Labute approximate surface area is 96.0 Å². The van der Waals surface area contributed by atoms with Crippen LogP contribution in [0.3, 0.4) is 0 Å². The van der Waals surface area contributed by atoms with E-state index in [1.54, 1.807) is 0 Å². The normalized spacial score (nSPS) is 10.6. The van der Waals surface area contributed by atoms with E-state index < -0.39 is 0 Å². The number of benzene rings is 1. The molecular formula is C14H16N2. The molecule has 0 saturated heterocycles. The minimum atomic E-state index is 0.850. The molecule has 2 heteroatoms. The van der Waals surface area contributed by atoms with Gasteiger partial charge in [0.1, 0.15) is 0 Å². The third-order valence-corrected chi connectivity index (χ3v) is 2.62. The van der Waals surface area contributed by atoms with E-state index in [-0.39, 0.29) is 0 Å². The second-order valence-electron chi connectivity index (χ2n) is 3.98. The predicted molar refractivity (Wildman–Crippen MR) is 68.5 cm³/mol. The quantitative estimate of drug-likeness (QED) is 0.788. The Balaban J connectivity index is 2.33. The molecule has 0 fully saturated rings. The Morgan fingerprint density at radius 2 is 2.12 bits per heavy atom. The molecule has 0 aliphatic carbocycles. The first-order chi connectivity index (χ1) is 7.81. The fourth-order valence-electron chi connectivity index (χ4n) is 1.90. The van der Waals surface area contributed by atoms with Crippen molar-refractivity contribution in [2.75, 3.05) is 13.6 Å². The maximum absolute atomic E-state index is 4.26. The summed E-state index contributed by atoms with van der Waals surface area (Å²) in [5.74, 6) is 0. The summed E-state index contributed by atoms with van der Waals surface area (Å²) in [6.45, 7) is 4.91. The van der Waals surface area contributed by atoms with Crippen molar-refractivity contribution in [3.63, 3.8) is 0 Å². The molecule has 0 aliphatic rings. The van der Waals surface area contributed by atoms with Crippen LogP contribution >= 0.6 is 0 Å². The number of rotatable bonds is 4. The first-order valence-electron chi connectivity index (χ1n) is 5.44. The van der Waals surface area contributed by atoms with E-state index in [1.807, 2.05) is 25.5 Å². The zero-order valence-electron chi connectivity index (χ0n) is 9.53. The molecular weight excluding hydrogens is 196 g/mol. The minimum Gasteiger partial charge on any atom is -0.316 e. The molecule has 16 heavy (non-hydrogen) atoms. The molecule has 0 aliphatic heterocycles. The topological polar surface area (TPSA) is 24.9 Å². The first kappa shape index (κ1) is 10.8. The van der Waals surface area contributed by atoms with Crippen molar-refractivity contribution in [2.45, 2.75) is 6.42 Å². The van der Waals surface area contributed by atoms with Crippen molar-refractivity contribution >= 4 is 10.8 Å². The van der Waals surface area contributed by atoms with Crippen LogP contribution in [0.2, 0.25) is 0 Å². The lowest BCUT2D eigenvalue weighted by molar-refractivity contribution is 0.858. The molecule has 0 bridgehead atoms. The van der Waals surface area contributed by atoms with Gasteiger partial charge in [0.05, 0.1) is 0 Å². The van der Waals surface area contributed by atoms with E-state index in [0.29, 0.717) is 0 Å². The summed E-state index contributed by atoms with van der Waals surface area (Å²) in [4.78, 5) is 4.26. The minimum absolute atomic E-state index is 0.850. The second kappa shape index (κ2) is 4.90. The highest BCUT2D eigenvalue weighted by atomic mass is 14.8. The highest BCUT2D eigenvalue weighted by molar-refractivity contribution is 5.84. The van der Waals surface area contributed by atoms with Crippen molar-refractivity contribution in [1.29, 1.82) is 0 Å². The van der Waals surface area contributed by atoms with Crippen molar-refractivity contribution in [3.8, 4) is 0 Å². The molecule has 2 nitrogen and oxygen atoms in total. The van der Waals surface area contributed by atoms with Crippen molar-refractivity contribution < 1.29 is 0 Å². The molecule has 0 unspecified atom stereocenters. The molecule has 0 amide bonds. The van der Waals surface area contributed by atoms with Crippen LogP contribution in [0.25, 0.3) is 10.8 Å². The number of hydrogen-bond acceptors (Lipinski definition) is 2. The van der Waals surface area contributed by atoms with Crippen LogP contribution < -0.4 is 5.32 Å². The molecule has 82 valence electrons. The van der Waals surface area contributed by atoms with Gasteiger partial charge in [0.15, 0.2) is 0 Å². The lowest BCUT2D eigenvalue weighted by atomic mass is 10.0. The number of likely N-dealkylation sites (N-methyl/N-ethyl adjacent to an activating group) is 1. The molecule has 0 saturated carbocycles. The third-order valence-electron chi connectivity index (χ3n) is 2.62. The first-order valence-corrected chi connectivity index (χ1v) is 5.44. The summed E-state index contributed by atoms with van der Waals surface area (Å²) >= 11 is 0. The summed E-state index contributed by atoms with van der Waals surface area (Å²) in [6.07, 6.45) is 4.72. The monoisotopic (exact) mass is 212 g/mol. The Bertz CT molecular complexity index is 498. The number of fused-ring (bicyclic) bond motifs is 1. The standard InChI is InChI=1S/C14H16N2/c1-11(8-15-2)7-13-10-16-9-12-5-3-4-6-14(12)13/h3-6,9-10,15H,1,7-8H2,2H3. The average molecular weight is 212 g/mol. The molecule has 1 N–H and O–H groups in total. The smallest absolute Gasteiger partial charge is 0.0346 e. The van der Waals surface area contributed by atoms with Crippen molar-refractivity contribution in [1.82, 2.24) is 10.3 Å². The van der Waals surface area contributed by atoms with Gasteiger partial charge in [-0.2, -0.15) is 0 Å². The molecule has 1 aromatic heterocycles. The number of hydrogen-bond donors (Lipinski definition) is 1. The Morgan fingerprint density at radius 1 is 1.31 bits per heavy atom. The van der Waals surface area contributed by atoms with E-state index in [1.165, 1.54) is 21.9 Å². The van der Waals surface area contributed by atoms with E-state index >= 15 is 0 Å². The summed E-state index contributed by atoms with van der Waals surface area (Å²) in [5, 5.41) is 5.58. The maximum atomic E-state index is 4.26. The van der Waals surface area contributed by atoms with Crippen LogP contribution in [0, 0.1) is 0 Å². The average Bonchev–Trinajstić information content (AvgIpc) is 2.30. The molecule has 0 atom stereocenters. The van der Waals surface area contributed by atoms with Crippen LogP contribution in [0.4, 0.5) is 0 Å². The van der Waals surface area contributed by atoms with Crippen molar-refractivity contribution in [3.05, 3.63) is 54.4 Å². The van der Waals surface area contributed by atoms with Gasteiger partial charge in [-0.05, 0) is 24.4 Å². The van der Waals surface area contributed by atoms with Crippen molar-refractivity contribution in [2.24, 2.45) is 0 Å². The largest absolute Gasteiger partial charge is 0.316 e. The van der Waals surface area contributed by atoms with Crippen LogP contribution in [-0.4, -0.2) is 18.6 Å². The van der Waals surface area contributed by atoms with Crippen LogP contribution in [0.15, 0.2) is 48.8 Å². The lowest BCUT2D eigenvalue weighted by Gasteiger charge is -2.07. The summed E-state index contributed by atoms with van der Waals surface area (Å²) in [6, 6.07) is 8.33. The molecule has 0 spiro atoms. The summed E-state index contributed by atoms with van der Waals surface area (Å²) < 4.78 is 0. The number of nitrogens with one attached hydrogen (secondary N) is 1. The van der Waals surface area contributed by atoms with E-state index in [4.69, 9.17) is 0 Å². The van der Waals surface area contributed by atoms with Crippen LogP contribution in [0.1, 0.15) is 5.56 Å². The van der Waals surface area contributed by atoms with Gasteiger partial charge in [0.25, 0.3) is 0 Å². The highest BCUT2D eigenvalue weighted by Crippen LogP contribution is 2.19. The Hall–Kier alpha value is -1.67. The SMILES string of the molecule is C=C(CNC)Cc1cncc2ccccc12. The number of pyridine rings is 1. The van der Waals surface area contributed by atoms with E-state index in [9.17, 15) is 0 Å². The molecule has 0 radical (unpaired) electrons. The van der Waals surface area contributed by atoms with Crippen LogP contribution in [-0.2, 0) is 6.42 Å². The Morgan fingerprint density at radius 3 is 2.94 bits per heavy atom. The summed E-state index contributed by atoms with van der Waals surface area (Å²) in [5.41, 5.74) is 2.43. The predicted octanol–water partition coefficient (Wildman–Crippen LogP) is 2.55. The number of aromatic nitrogens is 1. The fourth-order valence-corrected chi connectivity index (χ4v) is 1.90. The summed E-state index contributed by atoms with van der Waals surface area (Å²) in [7, 11) is 1.94. The number of nitrogens with zero attached hydrogens (tertiary/aromatic N) is 1. The fraction of sp³-hybridized carbons (Fsp3) is 0.214.